The maximum absolute atomic E-state index is 4.70. The molecule has 4 nitrogen and oxygen atoms in total. The van der Waals surface area contributed by atoms with Gasteiger partial charge in [0.15, 0.2) is 11.0 Å². The summed E-state index contributed by atoms with van der Waals surface area (Å²) in [6.45, 7) is 1.01. The van der Waals surface area contributed by atoms with Crippen molar-refractivity contribution in [2.45, 2.75) is 32.2 Å². The molecule has 0 amide bonds. The summed E-state index contributed by atoms with van der Waals surface area (Å²) in [6, 6.07) is 18.8. The first-order valence-corrected chi connectivity index (χ1v) is 10.7. The minimum absolute atomic E-state index is 1.01. The van der Waals surface area contributed by atoms with Gasteiger partial charge in [0.2, 0.25) is 0 Å². The second kappa shape index (κ2) is 9.70. The molecule has 5 heteroatoms. The number of aryl methyl sites for hydroxylation is 2. The van der Waals surface area contributed by atoms with Crippen molar-refractivity contribution in [1.82, 2.24) is 4.57 Å². The maximum Gasteiger partial charge on any atom is 0.302 e. The third kappa shape index (κ3) is 4.78. The van der Waals surface area contributed by atoms with Gasteiger partial charge in [-0.1, -0.05) is 52.7 Å². The van der Waals surface area contributed by atoms with Crippen LogP contribution < -0.4 is 9.58 Å². The molecular formula is C22H28BrN4+. The highest BCUT2D eigenvalue weighted by molar-refractivity contribution is 9.09. The number of alkyl halides is 1. The van der Waals surface area contributed by atoms with E-state index < -0.39 is 0 Å². The van der Waals surface area contributed by atoms with Gasteiger partial charge < -0.3 is 0 Å². The lowest BCUT2D eigenvalue weighted by Crippen LogP contribution is -2.33. The summed E-state index contributed by atoms with van der Waals surface area (Å²) in [5, 5.41) is 7.71. The number of halogens is 1. The van der Waals surface area contributed by atoms with Gasteiger partial charge in [-0.2, -0.15) is 5.10 Å². The Morgan fingerprint density at radius 1 is 1.00 bits per heavy atom. The fraction of sp³-hybridized carbons (Fsp3) is 0.364. The molecule has 0 saturated carbocycles. The zero-order valence-corrected chi connectivity index (χ0v) is 17.8. The Bertz CT molecular complexity index is 886. The largest absolute Gasteiger partial charge is 0.302 e. The molecule has 142 valence electrons. The zero-order chi connectivity index (χ0) is 19.1. The van der Waals surface area contributed by atoms with E-state index in [4.69, 9.17) is 5.10 Å². The van der Waals surface area contributed by atoms with Crippen LogP contribution in [0.1, 0.15) is 31.5 Å². The summed E-state index contributed by atoms with van der Waals surface area (Å²) < 4.78 is 4.63. The van der Waals surface area contributed by atoms with Crippen molar-refractivity contribution in [1.29, 1.82) is 0 Å². The molecule has 0 aliphatic heterocycles. The number of hydrazone groups is 1. The monoisotopic (exact) mass is 427 g/mol. The number of anilines is 1. The fourth-order valence-electron chi connectivity index (χ4n) is 3.36. The van der Waals surface area contributed by atoms with Gasteiger partial charge in [0.05, 0.1) is 19.3 Å². The quantitative estimate of drug-likeness (QED) is 0.157. The average Bonchev–Trinajstić information content (AvgIpc) is 2.98. The van der Waals surface area contributed by atoms with Crippen LogP contribution in [0.2, 0.25) is 0 Å². The van der Waals surface area contributed by atoms with Crippen molar-refractivity contribution in [2.24, 2.45) is 12.1 Å². The molecule has 1 heterocycles. The topological polar surface area (TPSA) is 24.4 Å². The van der Waals surface area contributed by atoms with E-state index in [0.717, 1.165) is 23.4 Å². The molecule has 0 saturated heterocycles. The highest BCUT2D eigenvalue weighted by atomic mass is 79.9. The molecule has 0 atom stereocenters. The van der Waals surface area contributed by atoms with Crippen molar-refractivity contribution in [2.75, 3.05) is 17.4 Å². The Balaban J connectivity index is 1.85. The van der Waals surface area contributed by atoms with Crippen LogP contribution in [0.3, 0.4) is 0 Å². The van der Waals surface area contributed by atoms with Crippen molar-refractivity contribution in [3.8, 4) is 0 Å². The number of nitrogens with zero attached hydrogens (tertiary/aromatic N) is 4. The SMILES string of the molecule is CN(/N=C/c1n(CCCCCCBr)c2ccccc2[n+]1C)c1ccccc1. The average molecular weight is 428 g/mol. The number of unbranched alkanes of at least 4 members (excludes halogenated alkanes) is 3. The van der Waals surface area contributed by atoms with Gasteiger partial charge in [-0.3, -0.25) is 5.01 Å². The molecule has 27 heavy (non-hydrogen) atoms. The van der Waals surface area contributed by atoms with Crippen LogP contribution in [0.15, 0.2) is 59.7 Å². The maximum atomic E-state index is 4.70. The molecule has 0 fully saturated rings. The third-order valence-electron chi connectivity index (χ3n) is 4.90. The minimum atomic E-state index is 1.01. The van der Waals surface area contributed by atoms with E-state index >= 15 is 0 Å². The Morgan fingerprint density at radius 3 is 2.48 bits per heavy atom. The summed E-state index contributed by atoms with van der Waals surface area (Å²) in [4.78, 5) is 0. The highest BCUT2D eigenvalue weighted by Gasteiger charge is 2.20. The normalized spacial score (nSPS) is 11.5. The first-order chi connectivity index (χ1) is 13.2. The Labute approximate surface area is 170 Å². The molecular weight excluding hydrogens is 400 g/mol. The lowest BCUT2D eigenvalue weighted by atomic mass is 10.2. The molecule has 0 aliphatic rings. The van der Waals surface area contributed by atoms with Gasteiger partial charge in [-0.25, -0.2) is 9.13 Å². The van der Waals surface area contributed by atoms with Crippen molar-refractivity contribution in [3.63, 3.8) is 0 Å². The van der Waals surface area contributed by atoms with E-state index in [0.29, 0.717) is 0 Å². The van der Waals surface area contributed by atoms with Gasteiger partial charge >= 0.3 is 5.82 Å². The second-order valence-corrected chi connectivity index (χ2v) is 7.56. The van der Waals surface area contributed by atoms with Crippen LogP contribution in [0.25, 0.3) is 11.0 Å². The molecule has 2 aromatic carbocycles. The van der Waals surface area contributed by atoms with E-state index in [1.807, 2.05) is 36.5 Å². The number of hydrogen-bond donors (Lipinski definition) is 0. The van der Waals surface area contributed by atoms with E-state index in [-0.39, 0.29) is 0 Å². The molecule has 3 aromatic rings. The van der Waals surface area contributed by atoms with Crippen molar-refractivity contribution < 1.29 is 4.57 Å². The highest BCUT2D eigenvalue weighted by Crippen LogP contribution is 2.16. The summed E-state index contributed by atoms with van der Waals surface area (Å²) in [6.07, 6.45) is 6.93. The zero-order valence-electron chi connectivity index (χ0n) is 16.2. The molecule has 1 aromatic heterocycles. The van der Waals surface area contributed by atoms with Gasteiger partial charge in [-0.15, -0.1) is 0 Å². The summed E-state index contributed by atoms with van der Waals surface area (Å²) >= 11 is 3.52. The smallest absolute Gasteiger partial charge is 0.268 e. The number of benzene rings is 2. The number of imidazole rings is 1. The Kier molecular flexibility index (Phi) is 7.04. The van der Waals surface area contributed by atoms with E-state index in [9.17, 15) is 0 Å². The lowest BCUT2D eigenvalue weighted by Gasteiger charge is -2.11. The number of hydrogen-bond acceptors (Lipinski definition) is 2. The van der Waals surface area contributed by atoms with E-state index in [2.05, 4.69) is 68.5 Å². The molecule has 0 unspecified atom stereocenters. The standard InChI is InChI=1S/C22H28BrN4/c1-25-20-14-8-9-15-21(20)27(17-11-4-3-10-16-23)22(25)18-24-26(2)19-12-6-5-7-13-19/h5-9,12-15,18H,3-4,10-11,16-17H2,1-2H3/q+1. The molecule has 3 rings (SSSR count). The van der Waals surface area contributed by atoms with Gasteiger partial charge in [0.25, 0.3) is 0 Å². The first-order valence-electron chi connectivity index (χ1n) is 9.58. The van der Waals surface area contributed by atoms with E-state index in [1.165, 1.54) is 36.7 Å². The Morgan fingerprint density at radius 2 is 1.70 bits per heavy atom. The Hall–Kier alpha value is -2.14. The molecule has 0 spiro atoms. The predicted molar refractivity (Wildman–Crippen MR) is 118 cm³/mol. The minimum Gasteiger partial charge on any atom is -0.268 e. The van der Waals surface area contributed by atoms with Crippen LogP contribution >= 0.6 is 15.9 Å². The van der Waals surface area contributed by atoms with Crippen LogP contribution in [-0.4, -0.2) is 23.2 Å². The summed E-state index contributed by atoms with van der Waals surface area (Å²) in [5.74, 6) is 1.12. The molecule has 0 radical (unpaired) electrons. The van der Waals surface area contributed by atoms with Crippen LogP contribution in [0.4, 0.5) is 5.69 Å². The van der Waals surface area contributed by atoms with Crippen LogP contribution in [-0.2, 0) is 13.6 Å². The molecule has 0 N–H and O–H groups in total. The number of rotatable bonds is 9. The van der Waals surface area contributed by atoms with Crippen molar-refractivity contribution in [3.05, 3.63) is 60.4 Å². The molecule has 0 aliphatic carbocycles. The fourth-order valence-corrected chi connectivity index (χ4v) is 3.76. The number of para-hydroxylation sites is 3. The summed E-state index contributed by atoms with van der Waals surface area (Å²) in [7, 11) is 4.10. The summed E-state index contributed by atoms with van der Waals surface area (Å²) in [5.41, 5.74) is 3.58. The van der Waals surface area contributed by atoms with Crippen LogP contribution in [0, 0.1) is 0 Å². The number of fused-ring (bicyclic) bond motifs is 1. The number of aromatic nitrogens is 2. The van der Waals surface area contributed by atoms with Crippen molar-refractivity contribution >= 4 is 38.9 Å². The lowest BCUT2D eigenvalue weighted by molar-refractivity contribution is -0.646. The second-order valence-electron chi connectivity index (χ2n) is 6.76. The van der Waals surface area contributed by atoms with Gasteiger partial charge in [0.1, 0.15) is 6.21 Å². The van der Waals surface area contributed by atoms with Gasteiger partial charge in [0, 0.05) is 12.4 Å². The van der Waals surface area contributed by atoms with Crippen LogP contribution in [0.5, 0.6) is 0 Å². The first kappa shape index (κ1) is 19.6. The predicted octanol–water partition coefficient (Wildman–Crippen LogP) is 4.89. The molecule has 0 bridgehead atoms. The van der Waals surface area contributed by atoms with Gasteiger partial charge in [-0.05, 0) is 43.5 Å². The third-order valence-corrected chi connectivity index (χ3v) is 5.46. The van der Waals surface area contributed by atoms with E-state index in [1.54, 1.807) is 0 Å².